The summed E-state index contributed by atoms with van der Waals surface area (Å²) in [6.07, 6.45) is -1.20. The molecule has 0 fully saturated rings. The Balaban J connectivity index is 2.78. The predicted molar refractivity (Wildman–Crippen MR) is 125 cm³/mol. The van der Waals surface area contributed by atoms with E-state index in [9.17, 15) is 29.6 Å². The van der Waals surface area contributed by atoms with Crippen molar-refractivity contribution in [3.05, 3.63) is 69.3 Å². The number of rotatable bonds is 6. The fourth-order valence-corrected chi connectivity index (χ4v) is 3.84. The summed E-state index contributed by atoms with van der Waals surface area (Å²) in [5.74, 6) is -1.65. The monoisotopic (exact) mass is 455 g/mol. The molecular weight excluding hydrogens is 426 g/mol. The third-order valence-electron chi connectivity index (χ3n) is 5.35. The fraction of sp³-hybridized carbons (Fsp3) is 0.375. The van der Waals surface area contributed by atoms with E-state index in [2.05, 4.69) is 0 Å². The lowest BCUT2D eigenvalue weighted by atomic mass is 9.99. The van der Waals surface area contributed by atoms with Gasteiger partial charge in [-0.2, -0.15) is 0 Å². The molecule has 2 aromatic carbocycles. The van der Waals surface area contributed by atoms with E-state index in [0.717, 1.165) is 9.80 Å². The van der Waals surface area contributed by atoms with Gasteiger partial charge >= 0.3 is 6.09 Å². The topological polar surface area (TPSA) is 121 Å². The fourth-order valence-electron chi connectivity index (χ4n) is 3.84. The van der Waals surface area contributed by atoms with Gasteiger partial charge in [-0.15, -0.1) is 0 Å². The third-order valence-corrected chi connectivity index (χ3v) is 5.35. The van der Waals surface area contributed by atoms with Gasteiger partial charge in [0.15, 0.2) is 0 Å². The first-order valence-electron chi connectivity index (χ1n) is 10.5. The highest BCUT2D eigenvalue weighted by Crippen LogP contribution is 2.30. The molecule has 176 valence electrons. The van der Waals surface area contributed by atoms with Crippen molar-refractivity contribution in [1.82, 2.24) is 4.90 Å². The maximum Gasteiger partial charge on any atom is 0.408 e. The Bertz CT molecular complexity index is 1090. The lowest BCUT2D eigenvalue weighted by Crippen LogP contribution is -2.58. The van der Waals surface area contributed by atoms with Crippen molar-refractivity contribution < 1.29 is 24.4 Å². The molecule has 0 saturated carbocycles. The first-order chi connectivity index (χ1) is 15.3. The number of nitro benzene ring substituents is 1. The molecule has 9 nitrogen and oxygen atoms in total. The number of hydrogen-bond donors (Lipinski definition) is 1. The number of imide groups is 1. The Morgan fingerprint density at radius 1 is 1.03 bits per heavy atom. The van der Waals surface area contributed by atoms with Crippen molar-refractivity contribution in [3.8, 4) is 0 Å². The molecule has 9 heteroatoms. The van der Waals surface area contributed by atoms with Gasteiger partial charge in [-0.25, -0.2) is 9.69 Å². The lowest BCUT2D eigenvalue weighted by molar-refractivity contribution is -0.385. The van der Waals surface area contributed by atoms with E-state index in [1.165, 1.54) is 12.1 Å². The van der Waals surface area contributed by atoms with Crippen LogP contribution in [0.4, 0.5) is 16.2 Å². The molecule has 1 N–H and O–H groups in total. The summed E-state index contributed by atoms with van der Waals surface area (Å²) in [6, 6.07) is 9.67. The van der Waals surface area contributed by atoms with Crippen LogP contribution in [0.15, 0.2) is 42.5 Å². The van der Waals surface area contributed by atoms with Crippen LogP contribution in [0.25, 0.3) is 0 Å². The zero-order valence-electron chi connectivity index (χ0n) is 19.7. The Kier molecular flexibility index (Phi) is 7.58. The van der Waals surface area contributed by atoms with E-state index in [1.807, 2.05) is 0 Å². The minimum atomic E-state index is -1.30. The van der Waals surface area contributed by atoms with Crippen LogP contribution in [-0.2, 0) is 4.79 Å². The minimum absolute atomic E-state index is 0.105. The zero-order chi connectivity index (χ0) is 25.1. The maximum atomic E-state index is 13.9. The standard InChI is InChI=1S/C24H29N3O6/c1-7-17(26(23(30)31)24(4,5)6)21(28)25(18-13-9-8-11-15(18)2)22(29)20-16(3)12-10-14-19(20)27(32)33/h8-14,17H,7H2,1-6H3,(H,30,31)/t17-/m0/s1. The van der Waals surface area contributed by atoms with Gasteiger partial charge in [-0.3, -0.25) is 24.6 Å². The van der Waals surface area contributed by atoms with Crippen LogP contribution in [0.5, 0.6) is 0 Å². The molecule has 3 amide bonds. The lowest BCUT2D eigenvalue weighted by Gasteiger charge is -2.40. The van der Waals surface area contributed by atoms with Crippen LogP contribution in [0.1, 0.15) is 55.6 Å². The Morgan fingerprint density at radius 3 is 2.09 bits per heavy atom. The SMILES string of the molecule is CC[C@@H](C(=O)N(C(=O)c1c(C)cccc1[N+](=O)[O-])c1ccccc1C)N(C(=O)O)C(C)(C)C. The summed E-state index contributed by atoms with van der Waals surface area (Å²) in [7, 11) is 0. The molecule has 0 aromatic heterocycles. The van der Waals surface area contributed by atoms with Crippen molar-refractivity contribution in [3.63, 3.8) is 0 Å². The molecule has 33 heavy (non-hydrogen) atoms. The number of nitro groups is 1. The van der Waals surface area contributed by atoms with Gasteiger partial charge in [0.05, 0.1) is 10.6 Å². The average Bonchev–Trinajstić information content (AvgIpc) is 2.71. The largest absolute Gasteiger partial charge is 0.465 e. The Morgan fingerprint density at radius 2 is 1.61 bits per heavy atom. The molecule has 2 rings (SSSR count). The first kappa shape index (κ1) is 25.5. The quantitative estimate of drug-likeness (QED) is 0.486. The van der Waals surface area contributed by atoms with Crippen LogP contribution in [0.3, 0.4) is 0 Å². The van der Waals surface area contributed by atoms with Gasteiger partial charge in [-0.05, 0) is 58.2 Å². The molecule has 0 heterocycles. The number of aryl methyl sites for hydroxylation is 2. The number of carbonyl (C=O) groups excluding carboxylic acids is 2. The van der Waals surface area contributed by atoms with Crippen molar-refractivity contribution in [1.29, 1.82) is 0 Å². The summed E-state index contributed by atoms with van der Waals surface area (Å²) in [4.78, 5) is 52.6. The summed E-state index contributed by atoms with van der Waals surface area (Å²) in [6.45, 7) is 9.88. The van der Waals surface area contributed by atoms with E-state index in [1.54, 1.807) is 71.9 Å². The van der Waals surface area contributed by atoms with Crippen molar-refractivity contribution in [2.45, 2.75) is 59.5 Å². The summed E-state index contributed by atoms with van der Waals surface area (Å²) < 4.78 is 0. The third kappa shape index (κ3) is 5.19. The predicted octanol–water partition coefficient (Wildman–Crippen LogP) is 4.94. The van der Waals surface area contributed by atoms with Crippen LogP contribution in [0.2, 0.25) is 0 Å². The second-order valence-corrected chi connectivity index (χ2v) is 8.74. The van der Waals surface area contributed by atoms with E-state index < -0.39 is 40.1 Å². The van der Waals surface area contributed by atoms with Gasteiger partial charge in [0.25, 0.3) is 17.5 Å². The minimum Gasteiger partial charge on any atom is -0.465 e. The summed E-state index contributed by atoms with van der Waals surface area (Å²) >= 11 is 0. The highest BCUT2D eigenvalue weighted by molar-refractivity contribution is 6.24. The van der Waals surface area contributed by atoms with E-state index in [-0.39, 0.29) is 17.7 Å². The molecule has 0 unspecified atom stereocenters. The van der Waals surface area contributed by atoms with Crippen molar-refractivity contribution in [2.75, 3.05) is 4.90 Å². The van der Waals surface area contributed by atoms with Gasteiger partial charge in [0.1, 0.15) is 11.6 Å². The smallest absolute Gasteiger partial charge is 0.408 e. The van der Waals surface area contributed by atoms with Crippen molar-refractivity contribution in [2.24, 2.45) is 0 Å². The second-order valence-electron chi connectivity index (χ2n) is 8.74. The Labute approximate surface area is 192 Å². The number of nitrogens with zero attached hydrogens (tertiary/aromatic N) is 3. The van der Waals surface area contributed by atoms with Crippen LogP contribution >= 0.6 is 0 Å². The van der Waals surface area contributed by atoms with Gasteiger partial charge < -0.3 is 5.11 Å². The molecular formula is C24H29N3O6. The molecule has 0 saturated heterocycles. The van der Waals surface area contributed by atoms with Gasteiger partial charge in [0.2, 0.25) is 0 Å². The molecule has 0 radical (unpaired) electrons. The molecule has 1 atom stereocenters. The van der Waals surface area contributed by atoms with Gasteiger partial charge in [0, 0.05) is 11.6 Å². The molecule has 0 aliphatic rings. The number of hydrogen-bond acceptors (Lipinski definition) is 5. The highest BCUT2D eigenvalue weighted by Gasteiger charge is 2.42. The van der Waals surface area contributed by atoms with E-state index in [0.29, 0.717) is 11.1 Å². The molecule has 2 aromatic rings. The molecule has 0 aliphatic carbocycles. The second kappa shape index (κ2) is 9.81. The first-order valence-corrected chi connectivity index (χ1v) is 10.5. The van der Waals surface area contributed by atoms with E-state index >= 15 is 0 Å². The number of carbonyl (C=O) groups is 3. The Hall–Kier alpha value is -3.75. The zero-order valence-corrected chi connectivity index (χ0v) is 19.7. The summed E-state index contributed by atoms with van der Waals surface area (Å²) in [5.41, 5.74) is -0.417. The number of benzene rings is 2. The van der Waals surface area contributed by atoms with Gasteiger partial charge in [-0.1, -0.05) is 37.3 Å². The number of para-hydroxylation sites is 1. The highest BCUT2D eigenvalue weighted by atomic mass is 16.6. The van der Waals surface area contributed by atoms with Crippen LogP contribution in [0, 0.1) is 24.0 Å². The van der Waals surface area contributed by atoms with E-state index in [4.69, 9.17) is 0 Å². The van der Waals surface area contributed by atoms with Crippen molar-refractivity contribution >= 4 is 29.3 Å². The normalized spacial score (nSPS) is 12.1. The maximum absolute atomic E-state index is 13.9. The number of anilines is 1. The van der Waals surface area contributed by atoms with Crippen LogP contribution in [-0.4, -0.2) is 44.4 Å². The number of carboxylic acid groups (broad SMARTS) is 1. The van der Waals surface area contributed by atoms with Crippen LogP contribution < -0.4 is 4.90 Å². The molecule has 0 spiro atoms. The molecule has 0 bridgehead atoms. The average molecular weight is 456 g/mol. The molecule has 0 aliphatic heterocycles. The number of amides is 3. The summed E-state index contributed by atoms with van der Waals surface area (Å²) in [5, 5.41) is 21.5.